The summed E-state index contributed by atoms with van der Waals surface area (Å²) in [6, 6.07) is -0.329. The van der Waals surface area contributed by atoms with Crippen molar-refractivity contribution in [2.24, 2.45) is 0 Å². The second-order valence-electron chi connectivity index (χ2n) is 13.0. The molecule has 2 fully saturated rings. The molecule has 0 spiro atoms. The molecule has 10 heteroatoms. The fraction of sp³-hybridized carbons (Fsp3) is 0.692. The van der Waals surface area contributed by atoms with Gasteiger partial charge in [0.05, 0.1) is 0 Å². The Balaban J connectivity index is 1.75. The normalized spacial score (nSPS) is 29.6. The van der Waals surface area contributed by atoms with Crippen LogP contribution in [0.1, 0.15) is 81.1 Å². The second kappa shape index (κ2) is 8.05. The predicted molar refractivity (Wildman–Crippen MR) is 130 cm³/mol. The third-order valence-electron chi connectivity index (χ3n) is 7.82. The molecule has 0 aromatic carbocycles. The highest BCUT2D eigenvalue weighted by molar-refractivity contribution is 6.14. The lowest BCUT2D eigenvalue weighted by atomic mass is 9.75. The molecule has 4 heterocycles. The Kier molecular flexibility index (Phi) is 5.96. The van der Waals surface area contributed by atoms with Crippen LogP contribution in [0.2, 0.25) is 0 Å². The standard InChI is InChI=1S/C26H38N4O6/c1-22(2)13-17(27-18(31)9-10-19(27)32)14-23(3,4)30(22)36-26(28-20(33)11-12-21(28)34)15-24(5,6)29(35)25(7,8)16-26/h9-12,17,35H,13-16H2,1-8H3. The van der Waals surface area contributed by atoms with Crippen LogP contribution in [0.3, 0.4) is 0 Å². The lowest BCUT2D eigenvalue weighted by Crippen LogP contribution is -2.74. The molecule has 0 aromatic heterocycles. The van der Waals surface area contributed by atoms with E-state index in [4.69, 9.17) is 4.84 Å². The number of hydrogen-bond donors (Lipinski definition) is 1. The molecule has 0 aliphatic carbocycles. The summed E-state index contributed by atoms with van der Waals surface area (Å²) in [5, 5.41) is 14.1. The maximum absolute atomic E-state index is 13.0. The van der Waals surface area contributed by atoms with Gasteiger partial charge in [-0.2, -0.15) is 10.1 Å². The number of nitrogens with zero attached hydrogens (tertiary/aromatic N) is 4. The Bertz CT molecular complexity index is 1000. The van der Waals surface area contributed by atoms with E-state index in [1.54, 1.807) is 0 Å². The highest BCUT2D eigenvalue weighted by Gasteiger charge is 2.62. The molecule has 0 bridgehead atoms. The zero-order valence-corrected chi connectivity index (χ0v) is 22.5. The lowest BCUT2D eigenvalue weighted by Gasteiger charge is -2.62. The van der Waals surface area contributed by atoms with Gasteiger partial charge in [0.15, 0.2) is 5.72 Å². The number of carbonyl (C=O) groups excluding carboxylic acids is 4. The quantitative estimate of drug-likeness (QED) is 0.584. The average Bonchev–Trinajstić information content (AvgIpc) is 3.22. The number of carbonyl (C=O) groups is 4. The number of hydrogen-bond acceptors (Lipinski definition) is 8. The molecule has 4 rings (SSSR count). The van der Waals surface area contributed by atoms with E-state index in [9.17, 15) is 24.4 Å². The zero-order chi connectivity index (χ0) is 27.1. The fourth-order valence-electron chi connectivity index (χ4n) is 7.03. The maximum atomic E-state index is 13.0. The number of hydroxylamine groups is 4. The molecule has 1 N–H and O–H groups in total. The molecular weight excluding hydrogens is 464 g/mol. The molecular formula is C26H38N4O6. The minimum Gasteiger partial charge on any atom is -0.313 e. The molecule has 4 aliphatic heterocycles. The maximum Gasteiger partial charge on any atom is 0.256 e. The largest absolute Gasteiger partial charge is 0.313 e. The van der Waals surface area contributed by atoms with Gasteiger partial charge < -0.3 is 5.21 Å². The topological polar surface area (TPSA) is 111 Å². The van der Waals surface area contributed by atoms with Crippen LogP contribution in [0, 0.1) is 0 Å². The van der Waals surface area contributed by atoms with E-state index in [2.05, 4.69) is 0 Å². The molecule has 0 radical (unpaired) electrons. The molecule has 2 saturated heterocycles. The highest BCUT2D eigenvalue weighted by Crippen LogP contribution is 2.50. The van der Waals surface area contributed by atoms with Crippen LogP contribution in [0.15, 0.2) is 24.3 Å². The van der Waals surface area contributed by atoms with Crippen molar-refractivity contribution >= 4 is 23.6 Å². The third kappa shape index (κ3) is 4.13. The van der Waals surface area contributed by atoms with Gasteiger partial charge in [-0.05, 0) is 68.2 Å². The van der Waals surface area contributed by atoms with Crippen LogP contribution in [0.25, 0.3) is 0 Å². The summed E-state index contributed by atoms with van der Waals surface area (Å²) in [6.07, 6.45) is 6.35. The molecule has 198 valence electrons. The summed E-state index contributed by atoms with van der Waals surface area (Å²) in [5.41, 5.74) is -4.36. The molecule has 4 aliphatic rings. The van der Waals surface area contributed by atoms with Crippen LogP contribution in [0.4, 0.5) is 0 Å². The number of imide groups is 2. The summed E-state index contributed by atoms with van der Waals surface area (Å²) < 4.78 is 0. The van der Waals surface area contributed by atoms with Crippen molar-refractivity contribution in [1.82, 2.24) is 19.9 Å². The summed E-state index contributed by atoms with van der Waals surface area (Å²) >= 11 is 0. The summed E-state index contributed by atoms with van der Waals surface area (Å²) in [6.45, 7) is 15.3. The SMILES string of the molecule is CC1(C)CC(ON2C(C)(C)CC(N3C(=O)C=CC3=O)CC2(C)C)(N2C(=O)C=CC2=O)CC(C)(C)N1O. The van der Waals surface area contributed by atoms with Crippen LogP contribution in [-0.2, 0) is 24.0 Å². The van der Waals surface area contributed by atoms with E-state index in [1.807, 2.05) is 60.5 Å². The minimum absolute atomic E-state index is 0.179. The van der Waals surface area contributed by atoms with E-state index >= 15 is 0 Å². The highest BCUT2D eigenvalue weighted by atomic mass is 16.7. The van der Waals surface area contributed by atoms with E-state index in [-0.39, 0.29) is 30.7 Å². The van der Waals surface area contributed by atoms with Crippen molar-refractivity contribution in [1.29, 1.82) is 0 Å². The molecule has 0 atom stereocenters. The first-order valence-electron chi connectivity index (χ1n) is 12.4. The number of amides is 4. The summed E-state index contributed by atoms with van der Waals surface area (Å²) in [7, 11) is 0. The Morgan fingerprint density at radius 2 is 1.08 bits per heavy atom. The van der Waals surface area contributed by atoms with Gasteiger partial charge in [0.25, 0.3) is 23.6 Å². The molecule has 10 nitrogen and oxygen atoms in total. The molecule has 36 heavy (non-hydrogen) atoms. The van der Waals surface area contributed by atoms with Gasteiger partial charge in [-0.25, -0.2) is 4.90 Å². The first kappa shape index (κ1) is 26.7. The van der Waals surface area contributed by atoms with Crippen LogP contribution in [-0.4, -0.2) is 82.7 Å². The predicted octanol–water partition coefficient (Wildman–Crippen LogP) is 2.53. The van der Waals surface area contributed by atoms with Gasteiger partial charge >= 0.3 is 0 Å². The Morgan fingerprint density at radius 3 is 1.50 bits per heavy atom. The van der Waals surface area contributed by atoms with Gasteiger partial charge in [0.1, 0.15) is 0 Å². The van der Waals surface area contributed by atoms with E-state index in [0.29, 0.717) is 12.8 Å². The fourth-order valence-corrected chi connectivity index (χ4v) is 7.03. The van der Waals surface area contributed by atoms with Gasteiger partial charge in [-0.3, -0.25) is 28.9 Å². The smallest absolute Gasteiger partial charge is 0.256 e. The second-order valence-corrected chi connectivity index (χ2v) is 13.0. The molecule has 0 unspecified atom stereocenters. The van der Waals surface area contributed by atoms with Crippen molar-refractivity contribution in [3.63, 3.8) is 0 Å². The first-order valence-corrected chi connectivity index (χ1v) is 12.4. The minimum atomic E-state index is -1.37. The van der Waals surface area contributed by atoms with Crippen molar-refractivity contribution in [2.75, 3.05) is 0 Å². The van der Waals surface area contributed by atoms with E-state index in [0.717, 1.165) is 0 Å². The molecule has 4 amide bonds. The van der Waals surface area contributed by atoms with Gasteiger partial charge in [0.2, 0.25) is 0 Å². The van der Waals surface area contributed by atoms with Crippen LogP contribution < -0.4 is 0 Å². The zero-order valence-electron chi connectivity index (χ0n) is 22.5. The van der Waals surface area contributed by atoms with Crippen LogP contribution in [0.5, 0.6) is 0 Å². The van der Waals surface area contributed by atoms with Crippen molar-refractivity contribution in [3.8, 4) is 0 Å². The third-order valence-corrected chi connectivity index (χ3v) is 7.82. The Labute approximate surface area is 212 Å². The Hall–Kier alpha value is -2.40. The average molecular weight is 503 g/mol. The summed E-state index contributed by atoms with van der Waals surface area (Å²) in [4.78, 5) is 60.3. The van der Waals surface area contributed by atoms with Gasteiger partial charge in [-0.15, -0.1) is 0 Å². The van der Waals surface area contributed by atoms with Crippen molar-refractivity contribution in [2.45, 2.75) is 115 Å². The van der Waals surface area contributed by atoms with Gasteiger partial charge in [0, 0.05) is 65.3 Å². The van der Waals surface area contributed by atoms with E-state index < -0.39 is 39.7 Å². The van der Waals surface area contributed by atoms with Gasteiger partial charge in [-0.1, -0.05) is 0 Å². The van der Waals surface area contributed by atoms with Crippen molar-refractivity contribution in [3.05, 3.63) is 24.3 Å². The monoisotopic (exact) mass is 502 g/mol. The van der Waals surface area contributed by atoms with Crippen LogP contribution >= 0.6 is 0 Å². The molecule has 0 saturated carbocycles. The molecule has 0 aromatic rings. The van der Waals surface area contributed by atoms with E-state index in [1.165, 1.54) is 39.2 Å². The number of rotatable bonds is 4. The Morgan fingerprint density at radius 1 is 0.694 bits per heavy atom. The van der Waals surface area contributed by atoms with Crippen molar-refractivity contribution < 1.29 is 29.2 Å². The summed E-state index contributed by atoms with van der Waals surface area (Å²) in [5.74, 6) is -1.55. The first-order chi connectivity index (χ1) is 16.3. The lowest BCUT2D eigenvalue weighted by molar-refractivity contribution is -0.396. The number of piperidine rings is 2.